The van der Waals surface area contributed by atoms with Crippen LogP contribution in [-0.4, -0.2) is 36.5 Å². The van der Waals surface area contributed by atoms with Crippen LogP contribution in [0.5, 0.6) is 0 Å². The summed E-state index contributed by atoms with van der Waals surface area (Å²) in [5.41, 5.74) is -0.138. The number of hydrogen-bond acceptors (Lipinski definition) is 2. The molecule has 1 saturated heterocycles. The topological polar surface area (TPSA) is 32.3 Å². The molecule has 120 valence electrons. The molecule has 1 heterocycles. The summed E-state index contributed by atoms with van der Waals surface area (Å²) < 4.78 is 39.4. The van der Waals surface area contributed by atoms with Gasteiger partial charge in [-0.15, -0.1) is 0 Å². The quantitative estimate of drug-likeness (QED) is 0.867. The highest BCUT2D eigenvalue weighted by molar-refractivity contribution is 5.94. The molecule has 1 aromatic carbocycles. The van der Waals surface area contributed by atoms with Crippen LogP contribution in [0, 0.1) is 23.4 Å². The molecule has 0 aromatic heterocycles. The van der Waals surface area contributed by atoms with E-state index in [4.69, 9.17) is 0 Å². The van der Waals surface area contributed by atoms with Crippen LogP contribution in [0.1, 0.15) is 36.0 Å². The van der Waals surface area contributed by atoms with Gasteiger partial charge in [0.1, 0.15) is 0 Å². The standard InChI is InChI=1S/C16H19F3N2O/c17-13-7-11(8-14(18)15(13)19)16(22)21-5-3-12(4-6-21)20-9-10-1-2-10/h7-8,10,12,20H,1-6,9H2. The second kappa shape index (κ2) is 6.28. The number of halogens is 3. The van der Waals surface area contributed by atoms with Crippen molar-refractivity contribution in [1.29, 1.82) is 0 Å². The summed E-state index contributed by atoms with van der Waals surface area (Å²) >= 11 is 0. The summed E-state index contributed by atoms with van der Waals surface area (Å²) in [5.74, 6) is -3.84. The van der Waals surface area contributed by atoms with E-state index in [1.165, 1.54) is 12.8 Å². The van der Waals surface area contributed by atoms with Gasteiger partial charge in [0.15, 0.2) is 17.5 Å². The van der Waals surface area contributed by atoms with Gasteiger partial charge in [-0.2, -0.15) is 0 Å². The second-order valence-electron chi connectivity index (χ2n) is 6.17. The Balaban J connectivity index is 1.57. The zero-order valence-corrected chi connectivity index (χ0v) is 12.2. The van der Waals surface area contributed by atoms with Gasteiger partial charge >= 0.3 is 0 Å². The number of rotatable bonds is 4. The molecule has 0 atom stereocenters. The molecule has 0 spiro atoms. The maximum absolute atomic E-state index is 13.2. The van der Waals surface area contributed by atoms with Gasteiger partial charge < -0.3 is 10.2 Å². The lowest BCUT2D eigenvalue weighted by Crippen LogP contribution is -2.45. The molecule has 1 aliphatic carbocycles. The maximum Gasteiger partial charge on any atom is 0.254 e. The highest BCUT2D eigenvalue weighted by Crippen LogP contribution is 2.28. The lowest BCUT2D eigenvalue weighted by molar-refractivity contribution is 0.0703. The number of carbonyl (C=O) groups excluding carboxylic acids is 1. The molecule has 3 nitrogen and oxygen atoms in total. The summed E-state index contributed by atoms with van der Waals surface area (Å²) in [6, 6.07) is 1.92. The SMILES string of the molecule is O=C(c1cc(F)c(F)c(F)c1)N1CCC(NCC2CC2)CC1. The third kappa shape index (κ3) is 3.43. The molecular weight excluding hydrogens is 293 g/mol. The molecule has 1 saturated carbocycles. The number of likely N-dealkylation sites (tertiary alicyclic amines) is 1. The number of benzene rings is 1. The van der Waals surface area contributed by atoms with Gasteiger partial charge in [-0.25, -0.2) is 13.2 Å². The Bertz CT molecular complexity index is 544. The highest BCUT2D eigenvalue weighted by atomic mass is 19.2. The monoisotopic (exact) mass is 312 g/mol. The molecular formula is C16H19F3N2O. The first-order valence-corrected chi connectivity index (χ1v) is 7.72. The minimum absolute atomic E-state index is 0.138. The summed E-state index contributed by atoms with van der Waals surface area (Å²) in [5, 5.41) is 3.50. The molecule has 6 heteroatoms. The van der Waals surface area contributed by atoms with E-state index in [2.05, 4.69) is 5.32 Å². The van der Waals surface area contributed by atoms with Crippen molar-refractivity contribution in [1.82, 2.24) is 10.2 Å². The molecule has 0 bridgehead atoms. The Labute approximate surface area is 127 Å². The van der Waals surface area contributed by atoms with Crippen molar-refractivity contribution in [2.75, 3.05) is 19.6 Å². The summed E-state index contributed by atoms with van der Waals surface area (Å²) in [4.78, 5) is 13.8. The first-order chi connectivity index (χ1) is 10.5. The van der Waals surface area contributed by atoms with Crippen LogP contribution in [0.2, 0.25) is 0 Å². The Kier molecular flexibility index (Phi) is 4.38. The molecule has 2 aliphatic rings. The van der Waals surface area contributed by atoms with E-state index in [9.17, 15) is 18.0 Å². The molecule has 1 amide bonds. The van der Waals surface area contributed by atoms with Crippen molar-refractivity contribution in [3.8, 4) is 0 Å². The van der Waals surface area contributed by atoms with E-state index < -0.39 is 23.4 Å². The molecule has 3 rings (SSSR count). The van der Waals surface area contributed by atoms with Crippen LogP contribution in [0.4, 0.5) is 13.2 Å². The van der Waals surface area contributed by atoms with Gasteiger partial charge in [0.2, 0.25) is 0 Å². The third-order valence-electron chi connectivity index (χ3n) is 4.41. The van der Waals surface area contributed by atoms with Crippen LogP contribution in [-0.2, 0) is 0 Å². The van der Waals surface area contributed by atoms with Gasteiger partial charge in [-0.05, 0) is 50.3 Å². The van der Waals surface area contributed by atoms with Crippen molar-refractivity contribution < 1.29 is 18.0 Å². The Morgan fingerprint density at radius 1 is 1.09 bits per heavy atom. The van der Waals surface area contributed by atoms with E-state index in [0.29, 0.717) is 19.1 Å². The lowest BCUT2D eigenvalue weighted by atomic mass is 10.0. The first kappa shape index (κ1) is 15.3. The average molecular weight is 312 g/mol. The van der Waals surface area contributed by atoms with Gasteiger partial charge in [-0.3, -0.25) is 4.79 Å². The zero-order valence-electron chi connectivity index (χ0n) is 12.2. The minimum Gasteiger partial charge on any atom is -0.339 e. The van der Waals surface area contributed by atoms with E-state index in [0.717, 1.165) is 37.4 Å². The van der Waals surface area contributed by atoms with Gasteiger partial charge in [0.05, 0.1) is 0 Å². The summed E-state index contributed by atoms with van der Waals surface area (Å²) in [6.07, 6.45) is 4.24. The van der Waals surface area contributed by atoms with Crippen molar-refractivity contribution in [2.24, 2.45) is 5.92 Å². The van der Waals surface area contributed by atoms with Crippen LogP contribution in [0.3, 0.4) is 0 Å². The van der Waals surface area contributed by atoms with E-state index in [1.807, 2.05) is 0 Å². The predicted octanol–water partition coefficient (Wildman–Crippen LogP) is 2.71. The van der Waals surface area contributed by atoms with Gasteiger partial charge in [0, 0.05) is 24.7 Å². The normalized spacial score (nSPS) is 19.5. The van der Waals surface area contributed by atoms with Crippen LogP contribution in [0.25, 0.3) is 0 Å². The smallest absolute Gasteiger partial charge is 0.254 e. The third-order valence-corrected chi connectivity index (χ3v) is 4.41. The summed E-state index contributed by atoms with van der Waals surface area (Å²) in [6.45, 7) is 2.12. The largest absolute Gasteiger partial charge is 0.339 e. The number of carbonyl (C=O) groups is 1. The first-order valence-electron chi connectivity index (χ1n) is 7.72. The fourth-order valence-corrected chi connectivity index (χ4v) is 2.80. The fourth-order valence-electron chi connectivity index (χ4n) is 2.80. The molecule has 22 heavy (non-hydrogen) atoms. The molecule has 1 N–H and O–H groups in total. The number of nitrogens with one attached hydrogen (secondary N) is 1. The van der Waals surface area contributed by atoms with Crippen molar-refractivity contribution in [3.05, 3.63) is 35.1 Å². The minimum atomic E-state index is -1.54. The Morgan fingerprint density at radius 3 is 2.23 bits per heavy atom. The number of amides is 1. The van der Waals surface area contributed by atoms with Crippen molar-refractivity contribution in [3.63, 3.8) is 0 Å². The zero-order chi connectivity index (χ0) is 15.7. The van der Waals surface area contributed by atoms with Crippen molar-refractivity contribution in [2.45, 2.75) is 31.7 Å². The Morgan fingerprint density at radius 2 is 1.68 bits per heavy atom. The average Bonchev–Trinajstić information content (AvgIpc) is 3.34. The van der Waals surface area contributed by atoms with E-state index in [1.54, 1.807) is 4.90 Å². The van der Waals surface area contributed by atoms with Gasteiger partial charge in [-0.1, -0.05) is 0 Å². The Hall–Kier alpha value is -1.56. The van der Waals surface area contributed by atoms with Crippen LogP contribution < -0.4 is 5.32 Å². The number of piperidine rings is 1. The van der Waals surface area contributed by atoms with Crippen LogP contribution in [0.15, 0.2) is 12.1 Å². The molecule has 1 aliphatic heterocycles. The molecule has 0 unspecified atom stereocenters. The lowest BCUT2D eigenvalue weighted by Gasteiger charge is -2.32. The predicted molar refractivity (Wildman–Crippen MR) is 76.0 cm³/mol. The van der Waals surface area contributed by atoms with Crippen molar-refractivity contribution >= 4 is 5.91 Å². The molecule has 2 fully saturated rings. The maximum atomic E-state index is 13.2. The second-order valence-corrected chi connectivity index (χ2v) is 6.17. The summed E-state index contributed by atoms with van der Waals surface area (Å²) in [7, 11) is 0. The number of hydrogen-bond donors (Lipinski definition) is 1. The number of nitrogens with zero attached hydrogens (tertiary/aromatic N) is 1. The van der Waals surface area contributed by atoms with E-state index in [-0.39, 0.29) is 5.56 Å². The van der Waals surface area contributed by atoms with Crippen LogP contribution >= 0.6 is 0 Å². The molecule has 1 aromatic rings. The fraction of sp³-hybridized carbons (Fsp3) is 0.562. The molecule has 0 radical (unpaired) electrons. The van der Waals surface area contributed by atoms with Gasteiger partial charge in [0.25, 0.3) is 5.91 Å². The highest BCUT2D eigenvalue weighted by Gasteiger charge is 2.27. The van der Waals surface area contributed by atoms with E-state index >= 15 is 0 Å².